The summed E-state index contributed by atoms with van der Waals surface area (Å²) in [5, 5.41) is 0.856. The van der Waals surface area contributed by atoms with Gasteiger partial charge in [0.15, 0.2) is 0 Å². The summed E-state index contributed by atoms with van der Waals surface area (Å²) in [5.74, 6) is 0. The van der Waals surface area contributed by atoms with E-state index in [4.69, 9.17) is 11.6 Å². The number of anilines is 1. The van der Waals surface area contributed by atoms with Crippen molar-refractivity contribution in [3.8, 4) is 0 Å². The first-order valence-corrected chi connectivity index (χ1v) is 11.2. The van der Waals surface area contributed by atoms with Crippen LogP contribution in [0.5, 0.6) is 0 Å². The van der Waals surface area contributed by atoms with Crippen LogP contribution in [0.15, 0.2) is 93.6 Å². The molecule has 30 heavy (non-hydrogen) atoms. The molecule has 0 N–H and O–H groups in total. The predicted octanol–water partition coefficient (Wildman–Crippen LogP) is 7.69. The van der Waals surface area contributed by atoms with Gasteiger partial charge in [0, 0.05) is 34.6 Å². The van der Waals surface area contributed by atoms with Crippen molar-refractivity contribution in [3.05, 3.63) is 94.2 Å². The van der Waals surface area contributed by atoms with Crippen molar-refractivity contribution in [2.45, 2.75) is 45.4 Å². The van der Waals surface area contributed by atoms with Crippen LogP contribution in [0.2, 0.25) is 0 Å². The molecule has 0 amide bonds. The second-order valence-electron chi connectivity index (χ2n) is 8.42. The van der Waals surface area contributed by atoms with E-state index in [1.165, 1.54) is 22.5 Å². The van der Waals surface area contributed by atoms with E-state index in [1.54, 1.807) is 0 Å². The van der Waals surface area contributed by atoms with Crippen LogP contribution in [0.4, 0.5) is 11.4 Å². The Kier molecular flexibility index (Phi) is 5.97. The Morgan fingerprint density at radius 2 is 1.73 bits per heavy atom. The van der Waals surface area contributed by atoms with E-state index < -0.39 is 0 Å². The smallest absolute Gasteiger partial charge is 0.0629 e. The molecule has 0 spiro atoms. The van der Waals surface area contributed by atoms with Gasteiger partial charge >= 0.3 is 0 Å². The van der Waals surface area contributed by atoms with Gasteiger partial charge in [0.25, 0.3) is 0 Å². The summed E-state index contributed by atoms with van der Waals surface area (Å²) < 4.78 is 0. The fraction of sp³-hybridized carbons (Fsp3) is 0.296. The first-order chi connectivity index (χ1) is 14.5. The fourth-order valence-corrected chi connectivity index (χ4v) is 4.80. The molecule has 154 valence electrons. The van der Waals surface area contributed by atoms with Gasteiger partial charge in [0.2, 0.25) is 0 Å². The normalized spacial score (nSPS) is 21.1. The van der Waals surface area contributed by atoms with Crippen LogP contribution in [0.1, 0.15) is 45.6 Å². The molecular formula is C27H29ClN2. The molecule has 2 aromatic carbocycles. The van der Waals surface area contributed by atoms with E-state index >= 15 is 0 Å². The largest absolute Gasteiger partial charge is 0.344 e. The van der Waals surface area contributed by atoms with Gasteiger partial charge < -0.3 is 4.90 Å². The van der Waals surface area contributed by atoms with Gasteiger partial charge in [0.1, 0.15) is 0 Å². The Hall–Kier alpha value is -2.58. The summed E-state index contributed by atoms with van der Waals surface area (Å²) in [6.07, 6.45) is 9.52. The zero-order valence-electron chi connectivity index (χ0n) is 18.0. The van der Waals surface area contributed by atoms with Gasteiger partial charge in [-0.25, -0.2) is 0 Å². The molecule has 0 atom stereocenters. The number of benzene rings is 2. The molecule has 2 nitrogen and oxygen atoms in total. The number of likely N-dealkylation sites (N-methyl/N-ethyl adjacent to an activating group) is 1. The highest BCUT2D eigenvalue weighted by atomic mass is 35.5. The van der Waals surface area contributed by atoms with Crippen LogP contribution < -0.4 is 4.90 Å². The third kappa shape index (κ3) is 3.89. The lowest BCUT2D eigenvalue weighted by Gasteiger charge is -2.26. The van der Waals surface area contributed by atoms with Crippen LogP contribution in [0, 0.1) is 0 Å². The van der Waals surface area contributed by atoms with Crippen molar-refractivity contribution in [1.29, 1.82) is 0 Å². The first kappa shape index (κ1) is 20.7. The van der Waals surface area contributed by atoms with E-state index in [9.17, 15) is 0 Å². The van der Waals surface area contributed by atoms with E-state index in [0.717, 1.165) is 42.1 Å². The predicted molar refractivity (Wildman–Crippen MR) is 130 cm³/mol. The van der Waals surface area contributed by atoms with Crippen molar-refractivity contribution in [2.24, 2.45) is 4.99 Å². The number of rotatable bonds is 4. The molecule has 1 aliphatic heterocycles. The molecule has 1 heterocycles. The highest BCUT2D eigenvalue weighted by Gasteiger charge is 2.38. The lowest BCUT2D eigenvalue weighted by atomic mass is 9.83. The molecular weight excluding hydrogens is 388 g/mol. The van der Waals surface area contributed by atoms with Crippen molar-refractivity contribution < 1.29 is 0 Å². The number of allylic oxidation sites excluding steroid dienone is 6. The molecule has 3 heteroatoms. The lowest BCUT2D eigenvalue weighted by molar-refractivity contribution is 0.633. The van der Waals surface area contributed by atoms with E-state index in [2.05, 4.69) is 67.1 Å². The van der Waals surface area contributed by atoms with Crippen molar-refractivity contribution in [3.63, 3.8) is 0 Å². The second-order valence-corrected chi connectivity index (χ2v) is 8.79. The molecule has 2 aromatic rings. The molecule has 0 fully saturated rings. The summed E-state index contributed by atoms with van der Waals surface area (Å²) >= 11 is 6.81. The maximum atomic E-state index is 6.81. The number of hydrogen-bond donors (Lipinski definition) is 0. The van der Waals surface area contributed by atoms with Gasteiger partial charge in [-0.1, -0.05) is 67.9 Å². The quantitative estimate of drug-likeness (QED) is 0.466. The number of halogens is 1. The third-order valence-corrected chi connectivity index (χ3v) is 6.63. The number of para-hydroxylation sites is 2. The zero-order chi connectivity index (χ0) is 21.1. The minimum Gasteiger partial charge on any atom is -0.344 e. The Balaban J connectivity index is 1.66. The number of nitrogens with zero attached hydrogens (tertiary/aromatic N) is 2. The molecule has 0 bridgehead atoms. The lowest BCUT2D eigenvalue weighted by Crippen LogP contribution is -2.25. The summed E-state index contributed by atoms with van der Waals surface area (Å²) in [6, 6.07) is 18.7. The average Bonchev–Trinajstić information content (AvgIpc) is 2.99. The number of aliphatic imine (C=N–C) groups is 1. The van der Waals surface area contributed by atoms with Gasteiger partial charge in [-0.15, -0.1) is 0 Å². The maximum absolute atomic E-state index is 6.81. The Morgan fingerprint density at radius 3 is 2.50 bits per heavy atom. The van der Waals surface area contributed by atoms with Gasteiger partial charge in [-0.05, 0) is 67.2 Å². The zero-order valence-corrected chi connectivity index (χ0v) is 18.8. The monoisotopic (exact) mass is 416 g/mol. The van der Waals surface area contributed by atoms with Crippen LogP contribution >= 0.6 is 11.6 Å². The fourth-order valence-electron chi connectivity index (χ4n) is 4.50. The van der Waals surface area contributed by atoms with E-state index in [1.807, 2.05) is 36.5 Å². The number of fused-ring (bicyclic) bond motifs is 1. The van der Waals surface area contributed by atoms with Crippen LogP contribution in [0.25, 0.3) is 0 Å². The van der Waals surface area contributed by atoms with Crippen LogP contribution in [-0.2, 0) is 5.41 Å². The molecule has 1 aliphatic carbocycles. The number of hydrogen-bond acceptors (Lipinski definition) is 2. The standard InChI is InChI=1S/C27H29ClN2/c1-4-30-24-16-9-8-15-23(24)27(2,3)25(30)18-17-20-11-10-12-21(26(20)28)19-29-22-13-6-5-7-14-22/h5-9,13-19H,4,10-12H2,1-3H3/b20-17-,25-18-,29-19?. The van der Waals surface area contributed by atoms with Crippen LogP contribution in [-0.4, -0.2) is 12.8 Å². The minimum atomic E-state index is -0.0217. The molecule has 4 rings (SSSR count). The van der Waals surface area contributed by atoms with Crippen LogP contribution in [0.3, 0.4) is 0 Å². The highest BCUT2D eigenvalue weighted by molar-refractivity contribution is 6.33. The SMILES string of the molecule is CCN1/C(=C\C=C2\CCCC(C=Nc3ccccc3)=C2Cl)C(C)(C)c2ccccc21. The van der Waals surface area contributed by atoms with E-state index in [0.29, 0.717) is 0 Å². The summed E-state index contributed by atoms with van der Waals surface area (Å²) in [6.45, 7) is 7.78. The Morgan fingerprint density at radius 1 is 1.00 bits per heavy atom. The van der Waals surface area contributed by atoms with Gasteiger partial charge in [0.05, 0.1) is 5.69 Å². The van der Waals surface area contributed by atoms with E-state index in [-0.39, 0.29) is 5.41 Å². The molecule has 0 radical (unpaired) electrons. The van der Waals surface area contributed by atoms with Crippen molar-refractivity contribution in [1.82, 2.24) is 0 Å². The second kappa shape index (κ2) is 8.65. The van der Waals surface area contributed by atoms with Gasteiger partial charge in [-0.3, -0.25) is 4.99 Å². The molecule has 0 saturated carbocycles. The first-order valence-electron chi connectivity index (χ1n) is 10.8. The van der Waals surface area contributed by atoms with Crippen molar-refractivity contribution >= 4 is 29.2 Å². The summed E-state index contributed by atoms with van der Waals surface area (Å²) in [4.78, 5) is 7.03. The molecule has 0 unspecified atom stereocenters. The molecule has 0 aromatic heterocycles. The topological polar surface area (TPSA) is 15.6 Å². The third-order valence-electron chi connectivity index (χ3n) is 6.14. The highest BCUT2D eigenvalue weighted by Crippen LogP contribution is 2.47. The van der Waals surface area contributed by atoms with Gasteiger partial charge in [-0.2, -0.15) is 0 Å². The Labute approximate surface area is 185 Å². The maximum Gasteiger partial charge on any atom is 0.0629 e. The van der Waals surface area contributed by atoms with Crippen molar-refractivity contribution in [2.75, 3.05) is 11.4 Å². The molecule has 2 aliphatic rings. The summed E-state index contributed by atoms with van der Waals surface area (Å²) in [5.41, 5.74) is 7.29. The Bertz CT molecular complexity index is 1040. The minimum absolute atomic E-state index is 0.0217. The average molecular weight is 417 g/mol. The molecule has 0 saturated heterocycles. The summed E-state index contributed by atoms with van der Waals surface area (Å²) in [7, 11) is 0.